The van der Waals surface area contributed by atoms with E-state index in [1.165, 1.54) is 6.26 Å². The number of rotatable bonds is 4. The third kappa shape index (κ3) is 2.50. The van der Waals surface area contributed by atoms with Crippen LogP contribution in [0.15, 0.2) is 21.3 Å². The largest absolute Gasteiger partial charge is 0.461 e. The van der Waals surface area contributed by atoms with Gasteiger partial charge in [-0.25, -0.2) is 8.78 Å². The molecule has 92 valence electrons. The van der Waals surface area contributed by atoms with Crippen molar-refractivity contribution in [3.05, 3.63) is 23.8 Å². The van der Waals surface area contributed by atoms with Gasteiger partial charge >= 0.3 is 0 Å². The van der Waals surface area contributed by atoms with Crippen molar-refractivity contribution in [3.8, 4) is 11.6 Å². The van der Waals surface area contributed by atoms with Crippen LogP contribution in [0.5, 0.6) is 0 Å². The lowest BCUT2D eigenvalue weighted by Crippen LogP contribution is -2.20. The highest BCUT2D eigenvalue weighted by molar-refractivity contribution is 5.50. The molecule has 0 aromatic carbocycles. The van der Waals surface area contributed by atoms with Crippen LogP contribution in [0.25, 0.3) is 11.6 Å². The Labute approximate surface area is 95.1 Å². The predicted molar refractivity (Wildman–Crippen MR) is 52.5 cm³/mol. The summed E-state index contributed by atoms with van der Waals surface area (Å²) in [5, 5.41) is 12.6. The van der Waals surface area contributed by atoms with Crippen LogP contribution in [0.4, 0.5) is 8.78 Å². The van der Waals surface area contributed by atoms with Crippen LogP contribution >= 0.6 is 0 Å². The van der Waals surface area contributed by atoms with Gasteiger partial charge in [-0.3, -0.25) is 0 Å². The van der Waals surface area contributed by atoms with Crippen LogP contribution in [0.2, 0.25) is 0 Å². The molecule has 2 heterocycles. The minimum absolute atomic E-state index is 0.0522. The Morgan fingerprint density at radius 1 is 1.47 bits per heavy atom. The van der Waals surface area contributed by atoms with E-state index in [1.807, 2.05) is 0 Å². The number of aliphatic hydroxyl groups excluding tert-OH is 1. The Bertz CT molecular complexity index is 495. The van der Waals surface area contributed by atoms with Crippen molar-refractivity contribution in [2.45, 2.75) is 25.9 Å². The normalized spacial score (nSPS) is 13.2. The van der Waals surface area contributed by atoms with E-state index in [2.05, 4.69) is 10.1 Å². The van der Waals surface area contributed by atoms with Crippen LogP contribution in [-0.2, 0) is 6.42 Å². The molecule has 0 fully saturated rings. The SMILES string of the molecule is Cc1ccoc1-c1noc(CC(O)C(F)F)n1. The number of furan rings is 1. The summed E-state index contributed by atoms with van der Waals surface area (Å²) < 4.78 is 34.1. The number of aromatic nitrogens is 2. The molecule has 5 nitrogen and oxygen atoms in total. The molecule has 2 aromatic rings. The lowest BCUT2D eigenvalue weighted by molar-refractivity contribution is -0.00754. The molecular formula is C10H10F2N2O3. The Kier molecular flexibility index (Phi) is 3.19. The third-order valence-corrected chi connectivity index (χ3v) is 2.21. The van der Waals surface area contributed by atoms with Gasteiger partial charge in [-0.05, 0) is 18.6 Å². The second-order valence-electron chi connectivity index (χ2n) is 3.55. The molecule has 0 saturated heterocycles. The molecule has 1 N–H and O–H groups in total. The van der Waals surface area contributed by atoms with Crippen molar-refractivity contribution in [1.29, 1.82) is 0 Å². The number of halogens is 2. The Balaban J connectivity index is 2.14. The van der Waals surface area contributed by atoms with Crippen LogP contribution in [0, 0.1) is 6.92 Å². The fourth-order valence-corrected chi connectivity index (χ4v) is 1.30. The molecule has 2 aromatic heterocycles. The molecular weight excluding hydrogens is 234 g/mol. The summed E-state index contributed by atoms with van der Waals surface area (Å²) in [5.74, 6) is 0.555. The van der Waals surface area contributed by atoms with Crippen molar-refractivity contribution in [3.63, 3.8) is 0 Å². The van der Waals surface area contributed by atoms with E-state index in [-0.39, 0.29) is 18.1 Å². The summed E-state index contributed by atoms with van der Waals surface area (Å²) in [6, 6.07) is 1.72. The van der Waals surface area contributed by atoms with E-state index in [1.54, 1.807) is 13.0 Å². The highest BCUT2D eigenvalue weighted by Crippen LogP contribution is 2.21. The second-order valence-corrected chi connectivity index (χ2v) is 3.55. The molecule has 7 heteroatoms. The van der Waals surface area contributed by atoms with Crippen molar-refractivity contribution < 1.29 is 22.8 Å². The van der Waals surface area contributed by atoms with Crippen molar-refractivity contribution in [2.75, 3.05) is 0 Å². The summed E-state index contributed by atoms with van der Waals surface area (Å²) in [6.07, 6.45) is -3.56. The van der Waals surface area contributed by atoms with Crippen LogP contribution in [-0.4, -0.2) is 27.8 Å². The first-order valence-electron chi connectivity index (χ1n) is 4.91. The van der Waals surface area contributed by atoms with E-state index < -0.39 is 12.5 Å². The van der Waals surface area contributed by atoms with Gasteiger partial charge < -0.3 is 14.0 Å². The molecule has 0 aliphatic heterocycles. The van der Waals surface area contributed by atoms with Gasteiger partial charge in [0.15, 0.2) is 5.76 Å². The summed E-state index contributed by atoms with van der Waals surface area (Å²) >= 11 is 0. The molecule has 1 unspecified atom stereocenters. The molecule has 0 spiro atoms. The number of alkyl halides is 2. The second kappa shape index (κ2) is 4.62. The first-order valence-corrected chi connectivity index (χ1v) is 4.91. The molecule has 0 aliphatic rings. The van der Waals surface area contributed by atoms with Gasteiger partial charge in [0.1, 0.15) is 6.10 Å². The predicted octanol–water partition coefficient (Wildman–Crippen LogP) is 1.81. The molecule has 1 atom stereocenters. The summed E-state index contributed by atoms with van der Waals surface area (Å²) in [7, 11) is 0. The van der Waals surface area contributed by atoms with Crippen LogP contribution in [0.3, 0.4) is 0 Å². The zero-order valence-corrected chi connectivity index (χ0v) is 8.93. The smallest absolute Gasteiger partial charge is 0.264 e. The molecule has 2 rings (SSSR count). The highest BCUT2D eigenvalue weighted by atomic mass is 19.3. The fourth-order valence-electron chi connectivity index (χ4n) is 1.30. The Hall–Kier alpha value is -1.76. The minimum Gasteiger partial charge on any atom is -0.461 e. The highest BCUT2D eigenvalue weighted by Gasteiger charge is 2.22. The van der Waals surface area contributed by atoms with E-state index in [0.29, 0.717) is 5.76 Å². The van der Waals surface area contributed by atoms with E-state index in [9.17, 15) is 8.78 Å². The minimum atomic E-state index is -2.84. The fraction of sp³-hybridized carbons (Fsp3) is 0.400. The maximum absolute atomic E-state index is 12.1. The summed E-state index contributed by atoms with van der Waals surface area (Å²) in [5.41, 5.74) is 0.812. The van der Waals surface area contributed by atoms with Gasteiger partial charge in [0.2, 0.25) is 11.7 Å². The lowest BCUT2D eigenvalue weighted by Gasteiger charge is -2.04. The Morgan fingerprint density at radius 3 is 2.82 bits per heavy atom. The molecule has 0 amide bonds. The van der Waals surface area contributed by atoms with Gasteiger partial charge in [-0.2, -0.15) is 4.98 Å². The number of nitrogens with zero attached hydrogens (tertiary/aromatic N) is 2. The zero-order valence-electron chi connectivity index (χ0n) is 8.93. The van der Waals surface area contributed by atoms with Crippen LogP contribution < -0.4 is 0 Å². The molecule has 0 saturated carbocycles. The van der Waals surface area contributed by atoms with E-state index in [0.717, 1.165) is 5.56 Å². The van der Waals surface area contributed by atoms with Gasteiger partial charge in [-0.15, -0.1) is 0 Å². The first-order chi connectivity index (χ1) is 8.08. The van der Waals surface area contributed by atoms with Gasteiger partial charge in [0.05, 0.1) is 12.7 Å². The molecule has 0 radical (unpaired) electrons. The summed E-state index contributed by atoms with van der Waals surface area (Å²) in [6.45, 7) is 1.79. The van der Waals surface area contributed by atoms with Crippen LogP contribution in [0.1, 0.15) is 11.5 Å². The first kappa shape index (κ1) is 11.7. The van der Waals surface area contributed by atoms with Crippen molar-refractivity contribution in [2.24, 2.45) is 0 Å². The summed E-state index contributed by atoms with van der Waals surface area (Å²) in [4.78, 5) is 3.87. The third-order valence-electron chi connectivity index (χ3n) is 2.21. The van der Waals surface area contributed by atoms with Gasteiger partial charge in [0, 0.05) is 0 Å². The lowest BCUT2D eigenvalue weighted by atomic mass is 10.2. The van der Waals surface area contributed by atoms with Gasteiger partial charge in [0.25, 0.3) is 6.43 Å². The zero-order chi connectivity index (χ0) is 12.4. The van der Waals surface area contributed by atoms with E-state index in [4.69, 9.17) is 14.0 Å². The standard InChI is InChI=1S/C10H10F2N2O3/c1-5-2-3-16-8(5)10-13-7(17-14-10)4-6(15)9(11)12/h2-3,6,9,15H,4H2,1H3. The molecule has 17 heavy (non-hydrogen) atoms. The van der Waals surface area contributed by atoms with Gasteiger partial charge in [-0.1, -0.05) is 5.16 Å². The maximum atomic E-state index is 12.1. The average Bonchev–Trinajstić information content (AvgIpc) is 2.86. The van der Waals surface area contributed by atoms with E-state index >= 15 is 0 Å². The van der Waals surface area contributed by atoms with Crippen molar-refractivity contribution >= 4 is 0 Å². The molecule has 0 bridgehead atoms. The quantitative estimate of drug-likeness (QED) is 0.887. The monoisotopic (exact) mass is 244 g/mol. The number of aryl methyl sites for hydroxylation is 1. The number of hydrogen-bond donors (Lipinski definition) is 1. The maximum Gasteiger partial charge on any atom is 0.264 e. The molecule has 0 aliphatic carbocycles. The Morgan fingerprint density at radius 2 is 2.24 bits per heavy atom. The average molecular weight is 244 g/mol. The van der Waals surface area contributed by atoms with Crippen molar-refractivity contribution in [1.82, 2.24) is 10.1 Å². The number of hydrogen-bond acceptors (Lipinski definition) is 5. The number of aliphatic hydroxyl groups is 1. The topological polar surface area (TPSA) is 72.3 Å².